The molecule has 0 aromatic heterocycles. The number of hydrogen-bond acceptors (Lipinski definition) is 6. The molecule has 6 unspecified atom stereocenters. The zero-order valence-electron chi connectivity index (χ0n) is 41.0. The van der Waals surface area contributed by atoms with Gasteiger partial charge in [-0.2, -0.15) is 0 Å². The minimum atomic E-state index is 0. The third kappa shape index (κ3) is 107. The molecule has 0 aliphatic rings. The summed E-state index contributed by atoms with van der Waals surface area (Å²) in [4.78, 5) is 32.1. The summed E-state index contributed by atoms with van der Waals surface area (Å²) in [6, 6.07) is 0.711. The molecule has 0 fully saturated rings. The number of aldehydes is 1. The van der Waals surface area contributed by atoms with Crippen LogP contribution in [0.25, 0.3) is 0 Å². The number of halogens is 3. The largest absolute Gasteiger partial charge is 0.400 e. The first-order valence-electron chi connectivity index (χ1n) is 20.2. The molecule has 0 spiro atoms. The smallest absolute Gasteiger partial charge is 0.214 e. The Labute approximate surface area is 524 Å². The van der Waals surface area contributed by atoms with Crippen molar-refractivity contribution in [3.8, 4) is 0 Å². The van der Waals surface area contributed by atoms with Crippen molar-refractivity contribution in [2.24, 2.45) is 0 Å². The molecule has 16 heteroatoms. The van der Waals surface area contributed by atoms with Gasteiger partial charge in [-0.15, -0.1) is 44.3 Å². The van der Waals surface area contributed by atoms with Gasteiger partial charge < -0.3 is 84.5 Å². The first kappa shape index (κ1) is 96.6. The van der Waals surface area contributed by atoms with Crippen LogP contribution in [0.5, 0.6) is 0 Å². The molecule has 364 valence electrons. The molecule has 62 heavy (non-hydrogen) atoms. The van der Waals surface area contributed by atoms with E-state index in [-0.39, 0.29) is 155 Å². The fourth-order valence-electron chi connectivity index (χ4n) is 3.03. The average Bonchev–Trinajstić information content (AvgIpc) is 3.18. The topological polar surface area (TPSA) is 73.0 Å². The molecule has 0 heterocycles. The fourth-order valence-corrected chi connectivity index (χ4v) is 3.27. The van der Waals surface area contributed by atoms with E-state index in [4.69, 9.17) is 0 Å². The predicted molar refractivity (Wildman–Crippen MR) is 285 cm³/mol. The van der Waals surface area contributed by atoms with Gasteiger partial charge in [0.2, 0.25) is 5.91 Å². The molecule has 1 N–H and O–H groups in total. The fraction of sp³-hybridized carbons (Fsp3) is 0.587. The maximum atomic E-state index is 11.1. The summed E-state index contributed by atoms with van der Waals surface area (Å²) < 4.78 is 3.90. The number of nitrogens with zero attached hydrogens (tertiary/aromatic N) is 3. The van der Waals surface area contributed by atoms with Crippen molar-refractivity contribution in [3.63, 3.8) is 0 Å². The van der Waals surface area contributed by atoms with Crippen molar-refractivity contribution < 1.29 is 158 Å². The van der Waals surface area contributed by atoms with Crippen molar-refractivity contribution in [2.75, 3.05) is 26.2 Å². The minimum absolute atomic E-state index is 0. The van der Waals surface area contributed by atoms with Gasteiger partial charge in [0.1, 0.15) is 12.1 Å². The summed E-state index contributed by atoms with van der Waals surface area (Å²) in [5, 5.41) is 3.13. The number of nitrogens with one attached hydrogen (secondary N) is 1. The molecule has 0 saturated carbocycles. The Morgan fingerprint density at radius 1 is 0.613 bits per heavy atom. The van der Waals surface area contributed by atoms with Crippen LogP contribution in [-0.2, 0) is 145 Å². The van der Waals surface area contributed by atoms with Gasteiger partial charge in [-0.25, -0.2) is 0 Å². The van der Waals surface area contributed by atoms with Crippen LogP contribution in [0.15, 0.2) is 48.6 Å². The van der Waals surface area contributed by atoms with Gasteiger partial charge in [-0.05, 0) is 72.6 Å². The number of amides is 1. The molecule has 0 aliphatic carbocycles. The second kappa shape index (κ2) is 89.0. The Hall–Kier alpha value is 5.12. The molecule has 4 radical (unpaired) electrons. The first-order chi connectivity index (χ1) is 27.3. The standard InChI is InChI=1S/C11H19NO.C9H18NP.C9H17N.C6H12NOP.C4H10.C4H8.C3H6O.I3.4Y/c1-5-7-8-9-10(3)12(6-2)11(4)13;1-4-6-7-8-9(3)10(11)5-2;1-4-6-7-8-9(3)10-5-2;1-3-7(9)6(2)4-5-8;2*1-3-4-2;1-3(2)4;1-3-2;;;;/h7-8,10H,2-3,5-6,9H2,1,4H3;6-7,9H,2-5,8,11H2,1H3;6-7,9-10H,2-5,8H2,1H3;5-6H,1-4,9H2;3-4H2,1-2H3;3-4H,1-2H3;1-2H3;;;;;/q4*-2;;;;-1;;;;. The molecule has 0 rings (SSSR count). The normalized spacial score (nSPS) is 11.5. The van der Waals surface area contributed by atoms with Crippen LogP contribution in [0.3, 0.4) is 0 Å². The van der Waals surface area contributed by atoms with Crippen LogP contribution in [-0.4, -0.2) is 82.6 Å². The molecule has 0 aromatic rings. The summed E-state index contributed by atoms with van der Waals surface area (Å²) in [5.74, 6) is 0.208. The van der Waals surface area contributed by atoms with Crippen LogP contribution in [0, 0.1) is 55.4 Å². The van der Waals surface area contributed by atoms with Crippen molar-refractivity contribution in [1.82, 2.24) is 19.6 Å². The number of rotatable bonds is 20. The van der Waals surface area contributed by atoms with Gasteiger partial charge in [0, 0.05) is 138 Å². The SMILES string of the molecule is CC(C)=O.CC=CC.CCCC.I[I-]I.[CH2-]CN(C(C)=O)C([CH2-])CC=CCC.[CH2-]CN(P)C([CH2-])CC=CCC.[CH2-]CN(P)C([CH2-])CC=O.[CH2-]CNC([CH2-])CC=CCC.[Y].[Y].[Y].[Y]. The maximum Gasteiger partial charge on any atom is 0.214 e. The van der Waals surface area contributed by atoms with E-state index in [2.05, 4.69) is 192 Å². The van der Waals surface area contributed by atoms with Crippen molar-refractivity contribution in [3.05, 3.63) is 104 Å². The van der Waals surface area contributed by atoms with Gasteiger partial charge in [0.15, 0.2) is 0 Å². The van der Waals surface area contributed by atoms with Gasteiger partial charge in [-0.1, -0.05) is 121 Å². The van der Waals surface area contributed by atoms with Gasteiger partial charge in [-0.3, -0.25) is 4.79 Å². The summed E-state index contributed by atoms with van der Waals surface area (Å²) in [6.45, 7) is 52.3. The van der Waals surface area contributed by atoms with Crippen LogP contribution >= 0.6 is 56.0 Å². The van der Waals surface area contributed by atoms with Gasteiger partial charge >= 0.3 is 50.5 Å². The van der Waals surface area contributed by atoms with E-state index in [1.54, 1.807) is 11.8 Å². The van der Waals surface area contributed by atoms with Crippen LogP contribution < -0.4 is 18.6 Å². The molecule has 0 aliphatic heterocycles. The van der Waals surface area contributed by atoms with Crippen molar-refractivity contribution >= 4 is 74.0 Å². The predicted octanol–water partition coefficient (Wildman–Crippen LogP) is 10.1. The molecule has 0 bridgehead atoms. The number of allylic oxidation sites excluding steroid dienone is 5. The number of carbonyl (C=O) groups excluding carboxylic acids is 3. The molecular weight excluding hydrogens is 1450 g/mol. The summed E-state index contributed by atoms with van der Waals surface area (Å²) in [5.41, 5.74) is 0. The number of Topliss-reactive ketones (excluding diaryl/α,β-unsaturated/α-hetero) is 1. The molecule has 1 amide bonds. The molecular formula is C46H90I3N4O3P2Y4-9. The zero-order chi connectivity index (χ0) is 47.2. The van der Waals surface area contributed by atoms with E-state index in [0.717, 1.165) is 57.9 Å². The Balaban J connectivity index is -0.0000000477. The maximum absolute atomic E-state index is 11.1. The first-order valence-corrected chi connectivity index (χ1v) is 33.8. The quantitative estimate of drug-likeness (QED) is 0.0431. The Kier molecular flexibility index (Phi) is 139. The number of hydrogen-bond donors (Lipinski definition) is 1. The van der Waals surface area contributed by atoms with E-state index in [0.29, 0.717) is 44.8 Å². The van der Waals surface area contributed by atoms with Crippen LogP contribution in [0.4, 0.5) is 0 Å². The van der Waals surface area contributed by atoms with E-state index < -0.39 is 0 Å². The summed E-state index contributed by atoms with van der Waals surface area (Å²) in [7, 11) is 5.11. The Bertz CT molecular complexity index is 925. The molecule has 6 atom stereocenters. The van der Waals surface area contributed by atoms with E-state index in [1.807, 2.05) is 30.7 Å². The average molecular weight is 1550 g/mol. The molecule has 7 nitrogen and oxygen atoms in total. The number of carbonyl (C=O) groups is 3. The Morgan fingerprint density at radius 2 is 0.919 bits per heavy atom. The van der Waals surface area contributed by atoms with E-state index in [9.17, 15) is 14.4 Å². The third-order valence-electron chi connectivity index (χ3n) is 6.62. The summed E-state index contributed by atoms with van der Waals surface area (Å²) >= 11 is 5.30. The monoisotopic (exact) mass is 1540 g/mol. The van der Waals surface area contributed by atoms with Crippen molar-refractivity contribution in [1.29, 1.82) is 0 Å². The van der Waals surface area contributed by atoms with Crippen LogP contribution in [0.1, 0.15) is 127 Å². The number of ketones is 1. The van der Waals surface area contributed by atoms with E-state index in [1.165, 1.54) is 26.7 Å². The third-order valence-corrected chi connectivity index (χ3v) is 7.98. The van der Waals surface area contributed by atoms with Crippen LogP contribution in [0.2, 0.25) is 0 Å². The van der Waals surface area contributed by atoms with E-state index >= 15 is 0 Å². The molecule has 0 saturated heterocycles. The second-order valence-corrected chi connectivity index (χ2v) is 29.7. The minimum Gasteiger partial charge on any atom is -0.400 e. The molecule has 0 aromatic carbocycles. The Morgan fingerprint density at radius 3 is 1.15 bits per heavy atom. The van der Waals surface area contributed by atoms with Gasteiger partial charge in [0.25, 0.3) is 0 Å². The zero-order valence-corrected chi connectivity index (χ0v) is 61.2. The summed E-state index contributed by atoms with van der Waals surface area (Å²) in [6.07, 6.45) is 26.8. The van der Waals surface area contributed by atoms with Gasteiger partial charge in [0.05, 0.1) is 0 Å². The number of unbranched alkanes of at least 4 members (excludes halogenated alkanes) is 1. The van der Waals surface area contributed by atoms with Crippen molar-refractivity contribution in [2.45, 2.75) is 151 Å². The second-order valence-electron chi connectivity index (χ2n) is 12.2.